The topological polar surface area (TPSA) is 44.4 Å². The molecule has 0 aliphatic carbocycles. The molecule has 2 amide bonds. The van der Waals surface area contributed by atoms with E-state index in [1.165, 1.54) is 17.5 Å². The second-order valence-electron chi connectivity index (χ2n) is 5.79. The zero-order valence-corrected chi connectivity index (χ0v) is 12.9. The van der Waals surface area contributed by atoms with Crippen molar-refractivity contribution in [3.8, 4) is 0 Å². The summed E-state index contributed by atoms with van der Waals surface area (Å²) in [7, 11) is 3.83. The van der Waals surface area contributed by atoms with Gasteiger partial charge in [0.25, 0.3) is 0 Å². The Bertz CT molecular complexity index is 487. The SMILES string of the molecule is CCC(C)CC(NC)c1ccc2c(c1)CN(C)C(=O)N2. The van der Waals surface area contributed by atoms with Crippen LogP contribution in [0.4, 0.5) is 10.5 Å². The number of amides is 2. The van der Waals surface area contributed by atoms with Crippen molar-refractivity contribution in [2.24, 2.45) is 5.92 Å². The van der Waals surface area contributed by atoms with Crippen molar-refractivity contribution in [1.82, 2.24) is 10.2 Å². The lowest BCUT2D eigenvalue weighted by molar-refractivity contribution is 0.218. The molecule has 1 aliphatic heterocycles. The number of fused-ring (bicyclic) bond motifs is 1. The van der Waals surface area contributed by atoms with E-state index in [1.807, 2.05) is 20.2 Å². The zero-order chi connectivity index (χ0) is 14.7. The molecule has 1 heterocycles. The molecule has 1 aliphatic rings. The summed E-state index contributed by atoms with van der Waals surface area (Å²) in [4.78, 5) is 13.3. The summed E-state index contributed by atoms with van der Waals surface area (Å²) in [5.41, 5.74) is 3.43. The summed E-state index contributed by atoms with van der Waals surface area (Å²) in [6.07, 6.45) is 2.33. The molecule has 1 aromatic rings. The molecule has 0 saturated heterocycles. The summed E-state index contributed by atoms with van der Waals surface area (Å²) < 4.78 is 0. The summed E-state index contributed by atoms with van der Waals surface area (Å²) in [5.74, 6) is 0.700. The van der Waals surface area contributed by atoms with Gasteiger partial charge in [-0.05, 0) is 36.6 Å². The van der Waals surface area contributed by atoms with Crippen molar-refractivity contribution in [2.75, 3.05) is 19.4 Å². The Hall–Kier alpha value is -1.55. The van der Waals surface area contributed by atoms with E-state index >= 15 is 0 Å². The van der Waals surface area contributed by atoms with Crippen molar-refractivity contribution < 1.29 is 4.79 Å². The molecule has 0 bridgehead atoms. The smallest absolute Gasteiger partial charge is 0.321 e. The van der Waals surface area contributed by atoms with E-state index < -0.39 is 0 Å². The van der Waals surface area contributed by atoms with Gasteiger partial charge in [0.15, 0.2) is 0 Å². The molecular formula is C16H25N3O. The summed E-state index contributed by atoms with van der Waals surface area (Å²) in [6.45, 7) is 5.19. The minimum Gasteiger partial charge on any atom is -0.323 e. The second kappa shape index (κ2) is 6.27. The molecule has 2 atom stereocenters. The third kappa shape index (κ3) is 3.12. The van der Waals surface area contributed by atoms with Gasteiger partial charge in [0, 0.05) is 25.3 Å². The van der Waals surface area contributed by atoms with Crippen molar-refractivity contribution in [3.63, 3.8) is 0 Å². The number of carbonyl (C=O) groups excluding carboxylic acids is 1. The molecule has 0 fully saturated rings. The van der Waals surface area contributed by atoms with E-state index in [2.05, 4.69) is 36.6 Å². The Kier molecular flexibility index (Phi) is 4.65. The number of urea groups is 1. The molecule has 0 spiro atoms. The number of hydrogen-bond donors (Lipinski definition) is 2. The highest BCUT2D eigenvalue weighted by atomic mass is 16.2. The molecule has 20 heavy (non-hydrogen) atoms. The van der Waals surface area contributed by atoms with Gasteiger partial charge in [-0.1, -0.05) is 32.4 Å². The van der Waals surface area contributed by atoms with Crippen LogP contribution in [0.25, 0.3) is 0 Å². The Balaban J connectivity index is 2.21. The van der Waals surface area contributed by atoms with Gasteiger partial charge in [0.1, 0.15) is 0 Å². The van der Waals surface area contributed by atoms with E-state index in [0.29, 0.717) is 18.5 Å². The molecule has 1 aromatic carbocycles. The van der Waals surface area contributed by atoms with Crippen molar-refractivity contribution in [2.45, 2.75) is 39.3 Å². The predicted molar refractivity (Wildman–Crippen MR) is 82.8 cm³/mol. The fourth-order valence-corrected chi connectivity index (χ4v) is 2.61. The van der Waals surface area contributed by atoms with Gasteiger partial charge in [-0.2, -0.15) is 0 Å². The maximum Gasteiger partial charge on any atom is 0.321 e. The molecule has 0 saturated carbocycles. The first-order chi connectivity index (χ1) is 9.55. The van der Waals surface area contributed by atoms with Crippen LogP contribution in [-0.4, -0.2) is 25.0 Å². The van der Waals surface area contributed by atoms with Crippen LogP contribution >= 0.6 is 0 Å². The Morgan fingerprint density at radius 2 is 2.20 bits per heavy atom. The maximum atomic E-state index is 11.6. The van der Waals surface area contributed by atoms with Gasteiger partial charge in [0.05, 0.1) is 0 Å². The number of anilines is 1. The Morgan fingerprint density at radius 1 is 1.45 bits per heavy atom. The number of hydrogen-bond acceptors (Lipinski definition) is 2. The van der Waals surface area contributed by atoms with Crippen LogP contribution in [-0.2, 0) is 6.54 Å². The number of rotatable bonds is 5. The molecule has 2 rings (SSSR count). The lowest BCUT2D eigenvalue weighted by Gasteiger charge is -2.28. The normalized spacial score (nSPS) is 17.4. The van der Waals surface area contributed by atoms with Gasteiger partial charge in [-0.25, -0.2) is 4.79 Å². The molecular weight excluding hydrogens is 250 g/mol. The summed E-state index contributed by atoms with van der Waals surface area (Å²) >= 11 is 0. The van der Waals surface area contributed by atoms with E-state index in [0.717, 1.165) is 12.1 Å². The van der Waals surface area contributed by atoms with Crippen LogP contribution < -0.4 is 10.6 Å². The summed E-state index contributed by atoms with van der Waals surface area (Å²) in [5, 5.41) is 6.32. The highest BCUT2D eigenvalue weighted by Gasteiger charge is 2.21. The highest BCUT2D eigenvalue weighted by molar-refractivity contribution is 5.92. The van der Waals surface area contributed by atoms with Crippen molar-refractivity contribution >= 4 is 11.7 Å². The van der Waals surface area contributed by atoms with Gasteiger partial charge in [-0.15, -0.1) is 0 Å². The largest absolute Gasteiger partial charge is 0.323 e. The van der Waals surface area contributed by atoms with Crippen LogP contribution in [0.15, 0.2) is 18.2 Å². The Morgan fingerprint density at radius 3 is 2.85 bits per heavy atom. The van der Waals surface area contributed by atoms with Crippen LogP contribution in [0.2, 0.25) is 0 Å². The third-order valence-corrected chi connectivity index (χ3v) is 4.21. The van der Waals surface area contributed by atoms with Crippen molar-refractivity contribution in [3.05, 3.63) is 29.3 Å². The van der Waals surface area contributed by atoms with Crippen LogP contribution in [0.5, 0.6) is 0 Å². The fraction of sp³-hybridized carbons (Fsp3) is 0.562. The zero-order valence-electron chi connectivity index (χ0n) is 12.9. The average molecular weight is 275 g/mol. The fourth-order valence-electron chi connectivity index (χ4n) is 2.61. The van der Waals surface area contributed by atoms with Gasteiger partial charge >= 0.3 is 6.03 Å². The molecule has 4 nitrogen and oxygen atoms in total. The lowest BCUT2D eigenvalue weighted by Crippen LogP contribution is -2.35. The molecule has 2 N–H and O–H groups in total. The maximum absolute atomic E-state index is 11.6. The first kappa shape index (κ1) is 14.9. The standard InChI is InChI=1S/C16H25N3O/c1-5-11(2)8-15(17-3)12-6-7-14-13(9-12)10-19(4)16(20)18-14/h6-7,9,11,15,17H,5,8,10H2,1-4H3,(H,18,20). The number of carbonyl (C=O) groups is 1. The van der Waals surface area contributed by atoms with Gasteiger partial charge < -0.3 is 15.5 Å². The molecule has 4 heteroatoms. The lowest BCUT2D eigenvalue weighted by atomic mass is 9.93. The van der Waals surface area contributed by atoms with E-state index in [9.17, 15) is 4.79 Å². The first-order valence-electron chi connectivity index (χ1n) is 7.37. The van der Waals surface area contributed by atoms with Crippen molar-refractivity contribution in [1.29, 1.82) is 0 Å². The minimum atomic E-state index is -0.0324. The first-order valence-corrected chi connectivity index (χ1v) is 7.37. The average Bonchev–Trinajstić information content (AvgIpc) is 2.45. The van der Waals surface area contributed by atoms with E-state index in [1.54, 1.807) is 4.90 Å². The van der Waals surface area contributed by atoms with Crippen LogP contribution in [0, 0.1) is 5.92 Å². The number of benzene rings is 1. The molecule has 0 aromatic heterocycles. The number of nitrogens with zero attached hydrogens (tertiary/aromatic N) is 1. The molecule has 0 radical (unpaired) electrons. The monoisotopic (exact) mass is 275 g/mol. The quantitative estimate of drug-likeness (QED) is 0.865. The third-order valence-electron chi connectivity index (χ3n) is 4.21. The van der Waals surface area contributed by atoms with E-state index in [4.69, 9.17) is 0 Å². The van der Waals surface area contributed by atoms with E-state index in [-0.39, 0.29) is 6.03 Å². The Labute approximate surface area is 121 Å². The second-order valence-corrected chi connectivity index (χ2v) is 5.79. The van der Waals surface area contributed by atoms with Crippen LogP contribution in [0.3, 0.4) is 0 Å². The van der Waals surface area contributed by atoms with Crippen LogP contribution in [0.1, 0.15) is 43.9 Å². The molecule has 110 valence electrons. The van der Waals surface area contributed by atoms with Gasteiger partial charge in [-0.3, -0.25) is 0 Å². The minimum absolute atomic E-state index is 0.0324. The molecule has 2 unspecified atom stereocenters. The van der Waals surface area contributed by atoms with Gasteiger partial charge in [0.2, 0.25) is 0 Å². The predicted octanol–water partition coefficient (Wildman–Crippen LogP) is 3.36. The summed E-state index contributed by atoms with van der Waals surface area (Å²) in [6, 6.07) is 6.70. The number of nitrogens with one attached hydrogen (secondary N) is 2. The highest BCUT2D eigenvalue weighted by Crippen LogP contribution is 2.29.